The molecule has 5 aromatic carbocycles. The zero-order valence-electron chi connectivity index (χ0n) is 20.0. The molecule has 0 unspecified atom stereocenters. The quantitative estimate of drug-likeness (QED) is 0.152. The van der Waals surface area contributed by atoms with Crippen molar-refractivity contribution in [2.75, 3.05) is 11.9 Å². The molecule has 5 aromatic rings. The fourth-order valence-electron chi connectivity index (χ4n) is 3.89. The smallest absolute Gasteiger partial charge is 0.0134 e. The van der Waals surface area contributed by atoms with Gasteiger partial charge in [-0.1, -0.05) is 152 Å². The van der Waals surface area contributed by atoms with Gasteiger partial charge in [-0.15, -0.1) is 0 Å². The minimum Gasteiger partial charge on any atom is -0.792 e. The molecule has 0 aliphatic rings. The first kappa shape index (κ1) is 28.6. The van der Waals surface area contributed by atoms with E-state index in [2.05, 4.69) is 152 Å². The second-order valence-electron chi connectivity index (χ2n) is 7.87. The van der Waals surface area contributed by atoms with Gasteiger partial charge in [0.25, 0.3) is 0 Å². The summed E-state index contributed by atoms with van der Waals surface area (Å²) in [5.74, 6) is 0.829. The zero-order valence-corrected chi connectivity index (χ0v) is 25.0. The monoisotopic (exact) mass is 703 g/mol. The van der Waals surface area contributed by atoms with Crippen molar-refractivity contribution in [2.24, 2.45) is 0 Å². The normalized spacial score (nSPS) is 10.3. The van der Waals surface area contributed by atoms with Crippen molar-refractivity contribution in [1.29, 1.82) is 0 Å². The average Bonchev–Trinajstić information content (AvgIpc) is 2.95. The van der Waals surface area contributed by atoms with Gasteiger partial charge in [0.1, 0.15) is 0 Å². The first-order chi connectivity index (χ1) is 17.4. The molecule has 5 rings (SSSR count). The van der Waals surface area contributed by atoms with Crippen molar-refractivity contribution in [3.63, 3.8) is 0 Å². The van der Waals surface area contributed by atoms with Crippen molar-refractivity contribution in [3.8, 4) is 0 Å². The predicted octanol–water partition coefficient (Wildman–Crippen LogP) is 5.84. The predicted molar refractivity (Wildman–Crippen MR) is 163 cm³/mol. The summed E-state index contributed by atoms with van der Waals surface area (Å²) < 4.78 is 0. The summed E-state index contributed by atoms with van der Waals surface area (Å²) in [5, 5.41) is 7.04. The largest absolute Gasteiger partial charge is 0.792 e. The molecule has 184 valence electrons. The molecule has 0 saturated carbocycles. The number of hydrogen-bond donors (Lipinski definition) is 0. The molecule has 0 saturated heterocycles. The van der Waals surface area contributed by atoms with Crippen molar-refractivity contribution in [2.45, 2.75) is 0 Å². The van der Waals surface area contributed by atoms with Crippen LogP contribution in [0.4, 0.5) is 0 Å². The molecule has 0 N–H and O–H groups in total. The molecule has 0 bridgehead atoms. The van der Waals surface area contributed by atoms with Gasteiger partial charge in [-0.3, -0.25) is 0 Å². The number of benzene rings is 5. The van der Waals surface area contributed by atoms with Crippen LogP contribution in [0.2, 0.25) is 0 Å². The van der Waals surface area contributed by atoms with E-state index in [9.17, 15) is 0 Å². The fraction of sp³-hybridized carbons (Fsp3) is 0.0625. The Bertz CT molecular complexity index is 1100. The maximum Gasteiger partial charge on any atom is -0.0134 e. The third-order valence-corrected chi connectivity index (χ3v) is 11.0. The molecular weight excluding hydrogens is 673 g/mol. The van der Waals surface area contributed by atoms with Gasteiger partial charge in [-0.25, -0.2) is 0 Å². The Balaban J connectivity index is 0.000000198. The van der Waals surface area contributed by atoms with Gasteiger partial charge in [0.2, 0.25) is 0 Å². The number of hydrogen-bond acceptors (Lipinski definition) is 1. The second-order valence-corrected chi connectivity index (χ2v) is 12.8. The Morgan fingerprint density at radius 2 is 0.639 bits per heavy atom. The molecule has 0 aliphatic heterocycles. The van der Waals surface area contributed by atoms with E-state index in [1.807, 2.05) is 0 Å². The third-order valence-electron chi connectivity index (χ3n) is 5.49. The summed E-state index contributed by atoms with van der Waals surface area (Å²) in [6, 6.07) is 53.7. The molecule has 0 spiro atoms. The molecule has 0 fully saturated rings. The van der Waals surface area contributed by atoms with Crippen LogP contribution in [0.1, 0.15) is 0 Å². The summed E-state index contributed by atoms with van der Waals surface area (Å²) >= 11 is 5.14. The summed E-state index contributed by atoms with van der Waals surface area (Å²) in [6.07, 6.45) is 1.10. The third kappa shape index (κ3) is 8.26. The van der Waals surface area contributed by atoms with E-state index in [-0.39, 0.29) is 29.0 Å². The molecular formula is C32H30P2PtS. The van der Waals surface area contributed by atoms with Crippen LogP contribution >= 0.6 is 15.8 Å². The maximum absolute atomic E-state index is 5.14. The van der Waals surface area contributed by atoms with Gasteiger partial charge >= 0.3 is 21.1 Å². The van der Waals surface area contributed by atoms with E-state index in [1.165, 1.54) is 26.5 Å². The molecule has 0 aromatic heterocycles. The van der Waals surface area contributed by atoms with Crippen LogP contribution in [-0.2, 0) is 33.7 Å². The van der Waals surface area contributed by atoms with Gasteiger partial charge in [0, 0.05) is 0 Å². The summed E-state index contributed by atoms with van der Waals surface area (Å²) in [7, 11) is -0.701. The Labute approximate surface area is 238 Å². The molecule has 0 nitrogen and oxygen atoms in total. The van der Waals surface area contributed by atoms with E-state index < -0.39 is 7.92 Å². The number of rotatable bonds is 7. The van der Waals surface area contributed by atoms with Gasteiger partial charge < -0.3 is 12.6 Å². The Morgan fingerprint density at radius 3 is 0.889 bits per heavy atom. The van der Waals surface area contributed by atoms with Crippen LogP contribution in [0, 0.1) is 0 Å². The SMILES string of the molecule is [PtH+].[S-]CCP(c1ccccc1)c1ccccc1.c1ccc(P(c2ccccc2)c2ccccc2)cc1. The van der Waals surface area contributed by atoms with E-state index in [4.69, 9.17) is 12.6 Å². The van der Waals surface area contributed by atoms with Crippen LogP contribution in [0.5, 0.6) is 0 Å². The zero-order chi connectivity index (χ0) is 24.1. The molecule has 0 heterocycles. The maximum atomic E-state index is 5.14. The summed E-state index contributed by atoms with van der Waals surface area (Å²) in [4.78, 5) is 0. The van der Waals surface area contributed by atoms with Crippen molar-refractivity contribution in [3.05, 3.63) is 152 Å². The van der Waals surface area contributed by atoms with Crippen LogP contribution in [0.3, 0.4) is 0 Å². The first-order valence-corrected chi connectivity index (χ1v) is 15.2. The van der Waals surface area contributed by atoms with E-state index >= 15 is 0 Å². The molecule has 36 heavy (non-hydrogen) atoms. The van der Waals surface area contributed by atoms with Gasteiger partial charge in [0.15, 0.2) is 0 Å². The second kappa shape index (κ2) is 16.0. The first-order valence-electron chi connectivity index (χ1n) is 11.8. The fourth-order valence-corrected chi connectivity index (χ4v) is 8.81. The van der Waals surface area contributed by atoms with Crippen LogP contribution < -0.4 is 26.5 Å². The topological polar surface area (TPSA) is 0 Å². The van der Waals surface area contributed by atoms with Gasteiger partial charge in [-0.2, -0.15) is 5.75 Å². The van der Waals surface area contributed by atoms with Gasteiger partial charge in [0.05, 0.1) is 0 Å². The van der Waals surface area contributed by atoms with E-state index in [1.54, 1.807) is 0 Å². The summed E-state index contributed by atoms with van der Waals surface area (Å²) in [6.45, 7) is 0. The van der Waals surface area contributed by atoms with Crippen molar-refractivity contribution in [1.82, 2.24) is 0 Å². The summed E-state index contributed by atoms with van der Waals surface area (Å²) in [5.41, 5.74) is 0. The van der Waals surface area contributed by atoms with Crippen molar-refractivity contribution >= 4 is 55.0 Å². The molecule has 0 amide bonds. The molecule has 0 aliphatic carbocycles. The Morgan fingerprint density at radius 1 is 0.389 bits per heavy atom. The van der Waals surface area contributed by atoms with Crippen LogP contribution in [0.15, 0.2) is 152 Å². The van der Waals surface area contributed by atoms with Crippen LogP contribution in [0.25, 0.3) is 0 Å². The average molecular weight is 704 g/mol. The Kier molecular flexibility index (Phi) is 12.7. The standard InChI is InChI=1S/C18H15P.C14H15PS.Pt.H/c1-4-10-16(11-5-1)19(17-12-6-2-7-13-17)18-14-8-3-9-15-18;16-12-11-15(13-7-3-1-4-8-13)14-9-5-2-6-10-14;;/h1-15H;1-10,16H,11-12H2;;/q;;+1;/p-1. The minimum absolute atomic E-state index is 0. The van der Waals surface area contributed by atoms with E-state index in [0.29, 0.717) is 0 Å². The van der Waals surface area contributed by atoms with E-state index in [0.717, 1.165) is 11.9 Å². The minimum atomic E-state index is -0.446. The molecule has 4 heteroatoms. The Hall–Kier alpha value is -2.00. The van der Waals surface area contributed by atoms with Gasteiger partial charge in [-0.05, 0) is 48.5 Å². The van der Waals surface area contributed by atoms with Crippen molar-refractivity contribution < 1.29 is 21.1 Å². The molecule has 1 radical (unpaired) electrons. The molecule has 0 atom stereocenters. The van der Waals surface area contributed by atoms with Crippen LogP contribution in [-0.4, -0.2) is 11.9 Å².